The summed E-state index contributed by atoms with van der Waals surface area (Å²) >= 11 is 0. The summed E-state index contributed by atoms with van der Waals surface area (Å²) in [6.07, 6.45) is 2.21. The van der Waals surface area contributed by atoms with Gasteiger partial charge in [0.1, 0.15) is 0 Å². The zero-order chi connectivity index (χ0) is 15.4. The van der Waals surface area contributed by atoms with Gasteiger partial charge >= 0.3 is 6.03 Å². The fourth-order valence-electron chi connectivity index (χ4n) is 2.38. The lowest BCUT2D eigenvalue weighted by Crippen LogP contribution is -2.48. The van der Waals surface area contributed by atoms with Crippen molar-refractivity contribution in [1.82, 2.24) is 10.2 Å². The number of carbonyl (C=O) groups excluding carboxylic acids is 1. The molecule has 112 valence electrons. The van der Waals surface area contributed by atoms with Crippen molar-refractivity contribution >= 4 is 6.03 Å². The molecule has 0 heterocycles. The van der Waals surface area contributed by atoms with Crippen molar-refractivity contribution < 1.29 is 4.79 Å². The molecule has 1 fully saturated rings. The van der Waals surface area contributed by atoms with Gasteiger partial charge in [-0.25, -0.2) is 4.79 Å². The molecule has 4 nitrogen and oxygen atoms in total. The third-order valence-corrected chi connectivity index (χ3v) is 4.08. The summed E-state index contributed by atoms with van der Waals surface area (Å²) in [5, 5.41) is 11.9. The number of urea groups is 1. The Balaban J connectivity index is 1.97. The molecule has 1 N–H and O–H groups in total. The number of amides is 2. The van der Waals surface area contributed by atoms with E-state index in [0.717, 1.165) is 18.4 Å². The second kappa shape index (κ2) is 6.62. The van der Waals surface area contributed by atoms with Gasteiger partial charge in [0.2, 0.25) is 0 Å². The lowest BCUT2D eigenvalue weighted by molar-refractivity contribution is 0.156. The molecule has 1 saturated carbocycles. The molecule has 0 saturated heterocycles. The predicted octanol–water partition coefficient (Wildman–Crippen LogP) is 3.28. The van der Waals surface area contributed by atoms with Crippen molar-refractivity contribution in [3.63, 3.8) is 0 Å². The van der Waals surface area contributed by atoms with Crippen molar-refractivity contribution in [3.05, 3.63) is 35.4 Å². The van der Waals surface area contributed by atoms with E-state index < -0.39 is 0 Å². The first-order valence-corrected chi connectivity index (χ1v) is 7.58. The molecule has 0 bridgehead atoms. The monoisotopic (exact) mass is 285 g/mol. The quantitative estimate of drug-likeness (QED) is 0.902. The van der Waals surface area contributed by atoms with E-state index in [9.17, 15) is 4.79 Å². The Morgan fingerprint density at radius 2 is 2.14 bits per heavy atom. The summed E-state index contributed by atoms with van der Waals surface area (Å²) < 4.78 is 0. The van der Waals surface area contributed by atoms with Crippen molar-refractivity contribution in [3.8, 4) is 6.07 Å². The first-order chi connectivity index (χ1) is 10.0. The topological polar surface area (TPSA) is 56.1 Å². The number of nitrogens with one attached hydrogen (secondary N) is 1. The number of hydrogen-bond donors (Lipinski definition) is 1. The Hall–Kier alpha value is -2.02. The van der Waals surface area contributed by atoms with Crippen LogP contribution in [0.2, 0.25) is 0 Å². The fourth-order valence-corrected chi connectivity index (χ4v) is 2.38. The van der Waals surface area contributed by atoms with Crippen LogP contribution in [0.15, 0.2) is 24.3 Å². The van der Waals surface area contributed by atoms with Crippen LogP contribution in [-0.4, -0.2) is 23.0 Å². The number of nitrogens with zero attached hydrogens (tertiary/aromatic N) is 2. The molecule has 1 atom stereocenters. The maximum atomic E-state index is 12.4. The Bertz CT molecular complexity index is 543. The van der Waals surface area contributed by atoms with Crippen LogP contribution in [0, 0.1) is 17.2 Å². The van der Waals surface area contributed by atoms with E-state index in [-0.39, 0.29) is 12.1 Å². The van der Waals surface area contributed by atoms with E-state index in [1.54, 1.807) is 6.07 Å². The second-order valence-corrected chi connectivity index (χ2v) is 6.09. The molecular weight excluding hydrogens is 262 g/mol. The standard InChI is InChI=1S/C17H23N3O/c1-12(2)13(3)20(16-7-8-16)17(21)19-11-15-6-4-5-14(9-15)10-18/h4-6,9,12-13,16H,7-8,11H2,1-3H3,(H,19,21)/t13-/m1/s1. The Kier molecular flexibility index (Phi) is 4.85. The van der Waals surface area contributed by atoms with E-state index in [2.05, 4.69) is 32.2 Å². The summed E-state index contributed by atoms with van der Waals surface area (Å²) in [5.74, 6) is 0.443. The molecule has 4 heteroatoms. The third-order valence-electron chi connectivity index (χ3n) is 4.08. The van der Waals surface area contributed by atoms with Gasteiger partial charge in [-0.15, -0.1) is 0 Å². The van der Waals surface area contributed by atoms with Gasteiger partial charge in [0, 0.05) is 18.6 Å². The van der Waals surface area contributed by atoms with E-state index >= 15 is 0 Å². The minimum absolute atomic E-state index is 0.000982. The number of hydrogen-bond acceptors (Lipinski definition) is 2. The summed E-state index contributed by atoms with van der Waals surface area (Å²) in [6, 6.07) is 10.1. The normalized spacial score (nSPS) is 15.4. The van der Waals surface area contributed by atoms with Gasteiger partial charge in [-0.05, 0) is 43.4 Å². The zero-order valence-electron chi connectivity index (χ0n) is 13.0. The lowest BCUT2D eigenvalue weighted by atomic mass is 10.0. The molecule has 1 aliphatic rings. The van der Waals surface area contributed by atoms with Crippen LogP contribution >= 0.6 is 0 Å². The van der Waals surface area contributed by atoms with Crippen LogP contribution < -0.4 is 5.32 Å². The number of carbonyl (C=O) groups is 1. The van der Waals surface area contributed by atoms with Gasteiger partial charge in [0.05, 0.1) is 11.6 Å². The van der Waals surface area contributed by atoms with Crippen molar-refractivity contribution in [2.24, 2.45) is 5.92 Å². The Morgan fingerprint density at radius 1 is 1.43 bits per heavy atom. The molecule has 1 aromatic rings. The molecule has 0 radical (unpaired) electrons. The number of rotatable bonds is 5. The van der Waals surface area contributed by atoms with E-state index in [0.29, 0.717) is 24.1 Å². The summed E-state index contributed by atoms with van der Waals surface area (Å²) in [6.45, 7) is 6.86. The van der Waals surface area contributed by atoms with Crippen LogP contribution in [0.4, 0.5) is 4.79 Å². The van der Waals surface area contributed by atoms with Gasteiger partial charge in [-0.2, -0.15) is 5.26 Å². The van der Waals surface area contributed by atoms with Crippen molar-refractivity contribution in [2.45, 2.75) is 52.2 Å². The van der Waals surface area contributed by atoms with Gasteiger partial charge in [-0.1, -0.05) is 26.0 Å². The molecule has 0 unspecified atom stereocenters. The summed E-state index contributed by atoms with van der Waals surface area (Å²) in [7, 11) is 0. The van der Waals surface area contributed by atoms with Crippen LogP contribution in [-0.2, 0) is 6.54 Å². The number of nitriles is 1. The highest BCUT2D eigenvalue weighted by molar-refractivity contribution is 5.75. The van der Waals surface area contributed by atoms with E-state index in [1.165, 1.54) is 0 Å². The van der Waals surface area contributed by atoms with Crippen molar-refractivity contribution in [1.29, 1.82) is 5.26 Å². The molecular formula is C17H23N3O. The molecule has 0 spiro atoms. The smallest absolute Gasteiger partial charge is 0.318 e. The highest BCUT2D eigenvalue weighted by atomic mass is 16.2. The highest BCUT2D eigenvalue weighted by Crippen LogP contribution is 2.30. The third kappa shape index (κ3) is 3.98. The van der Waals surface area contributed by atoms with Gasteiger partial charge in [0.25, 0.3) is 0 Å². The van der Waals surface area contributed by atoms with Crippen LogP contribution in [0.5, 0.6) is 0 Å². The molecule has 2 rings (SSSR count). The fraction of sp³-hybridized carbons (Fsp3) is 0.529. The average Bonchev–Trinajstić information content (AvgIpc) is 3.30. The first kappa shape index (κ1) is 15.4. The maximum Gasteiger partial charge on any atom is 0.318 e. The zero-order valence-corrected chi connectivity index (χ0v) is 13.0. The van der Waals surface area contributed by atoms with Gasteiger partial charge in [0.15, 0.2) is 0 Å². The van der Waals surface area contributed by atoms with Gasteiger partial charge < -0.3 is 10.2 Å². The Morgan fingerprint density at radius 3 is 2.71 bits per heavy atom. The molecule has 0 aliphatic heterocycles. The van der Waals surface area contributed by atoms with Crippen molar-refractivity contribution in [2.75, 3.05) is 0 Å². The van der Waals surface area contributed by atoms with E-state index in [1.807, 2.05) is 23.1 Å². The largest absolute Gasteiger partial charge is 0.334 e. The van der Waals surface area contributed by atoms with E-state index in [4.69, 9.17) is 5.26 Å². The van der Waals surface area contributed by atoms with Crippen LogP contribution in [0.3, 0.4) is 0 Å². The molecule has 2 amide bonds. The van der Waals surface area contributed by atoms with Crippen LogP contribution in [0.25, 0.3) is 0 Å². The summed E-state index contributed by atoms with van der Waals surface area (Å²) in [5.41, 5.74) is 1.58. The molecule has 1 aromatic carbocycles. The van der Waals surface area contributed by atoms with Gasteiger partial charge in [-0.3, -0.25) is 0 Å². The molecule has 0 aromatic heterocycles. The SMILES string of the molecule is CC(C)[C@@H](C)N(C(=O)NCc1cccc(C#N)c1)C1CC1. The lowest BCUT2D eigenvalue weighted by Gasteiger charge is -2.32. The molecule has 1 aliphatic carbocycles. The minimum atomic E-state index is 0.000982. The second-order valence-electron chi connectivity index (χ2n) is 6.09. The predicted molar refractivity (Wildman–Crippen MR) is 82.6 cm³/mol. The minimum Gasteiger partial charge on any atom is -0.334 e. The number of benzene rings is 1. The first-order valence-electron chi connectivity index (χ1n) is 7.58. The van der Waals surface area contributed by atoms with Crippen LogP contribution in [0.1, 0.15) is 44.7 Å². The molecule has 21 heavy (non-hydrogen) atoms. The average molecular weight is 285 g/mol. The Labute approximate surface area is 126 Å². The maximum absolute atomic E-state index is 12.4. The highest BCUT2D eigenvalue weighted by Gasteiger charge is 2.36. The summed E-state index contributed by atoms with van der Waals surface area (Å²) in [4.78, 5) is 14.4.